The Bertz CT molecular complexity index is 1040. The van der Waals surface area contributed by atoms with Gasteiger partial charge in [0.1, 0.15) is 11.6 Å². The van der Waals surface area contributed by atoms with Crippen molar-refractivity contribution in [1.29, 1.82) is 0 Å². The van der Waals surface area contributed by atoms with Gasteiger partial charge in [0.2, 0.25) is 5.91 Å². The Kier molecular flexibility index (Phi) is 5.29. The topological polar surface area (TPSA) is 79.8 Å². The van der Waals surface area contributed by atoms with Crippen molar-refractivity contribution in [3.63, 3.8) is 0 Å². The number of imidazole rings is 1. The monoisotopic (exact) mass is 394 g/mol. The van der Waals surface area contributed by atoms with Gasteiger partial charge in [-0.25, -0.2) is 9.37 Å². The van der Waals surface area contributed by atoms with Crippen LogP contribution in [-0.4, -0.2) is 26.2 Å². The zero-order chi connectivity index (χ0) is 20.4. The van der Waals surface area contributed by atoms with E-state index < -0.39 is 0 Å². The summed E-state index contributed by atoms with van der Waals surface area (Å²) in [7, 11) is 0. The second-order valence-electron chi connectivity index (χ2n) is 7.36. The van der Waals surface area contributed by atoms with E-state index in [2.05, 4.69) is 19.9 Å². The third-order valence-corrected chi connectivity index (χ3v) is 5.45. The molecule has 0 fully saturated rings. The van der Waals surface area contributed by atoms with Crippen molar-refractivity contribution in [3.8, 4) is 0 Å². The number of ketones is 1. The fourth-order valence-corrected chi connectivity index (χ4v) is 3.99. The highest BCUT2D eigenvalue weighted by molar-refractivity contribution is 6.01. The Morgan fingerprint density at radius 2 is 2.07 bits per heavy atom. The number of halogens is 1. The molecule has 0 radical (unpaired) electrons. The largest absolute Gasteiger partial charge is 0.349 e. The molecule has 2 N–H and O–H groups in total. The predicted octanol–water partition coefficient (Wildman–Crippen LogP) is 3.08. The molecule has 1 aliphatic rings. The second kappa shape index (κ2) is 8.03. The van der Waals surface area contributed by atoms with E-state index in [9.17, 15) is 14.0 Å². The molecule has 1 aromatic carbocycles. The number of H-pyrrole nitrogens is 1. The molecule has 0 spiro atoms. The molecule has 0 unspecified atom stereocenters. The first-order valence-electron chi connectivity index (χ1n) is 9.76. The summed E-state index contributed by atoms with van der Waals surface area (Å²) in [5, 5.41) is 2.85. The molecule has 0 atom stereocenters. The number of carbonyl (C=O) groups excluding carboxylic acids is 2. The van der Waals surface area contributed by atoms with Crippen LogP contribution in [0.4, 0.5) is 4.39 Å². The molecule has 0 bridgehead atoms. The van der Waals surface area contributed by atoms with E-state index in [-0.39, 0.29) is 23.9 Å². The molecule has 1 amide bonds. The average Bonchev–Trinajstić information content (AvgIpc) is 3.31. The number of amides is 1. The number of rotatable bonds is 6. The highest BCUT2D eigenvalue weighted by Crippen LogP contribution is 2.31. The first-order chi connectivity index (χ1) is 14.0. The summed E-state index contributed by atoms with van der Waals surface area (Å²) in [6.07, 6.45) is 5.61. The molecule has 4 rings (SSSR count). The van der Waals surface area contributed by atoms with Crippen LogP contribution in [0.3, 0.4) is 0 Å². The van der Waals surface area contributed by atoms with Gasteiger partial charge in [0, 0.05) is 42.3 Å². The number of nitrogens with zero attached hydrogens (tertiary/aromatic N) is 2. The Morgan fingerprint density at radius 3 is 2.79 bits per heavy atom. The van der Waals surface area contributed by atoms with Crippen LogP contribution in [0.25, 0.3) is 0 Å². The van der Waals surface area contributed by atoms with Crippen molar-refractivity contribution in [2.45, 2.75) is 45.7 Å². The lowest BCUT2D eigenvalue weighted by molar-refractivity contribution is -0.120. The van der Waals surface area contributed by atoms with Gasteiger partial charge < -0.3 is 14.9 Å². The molecule has 0 saturated heterocycles. The zero-order valence-electron chi connectivity index (χ0n) is 16.3. The molecule has 0 saturated carbocycles. The minimum absolute atomic E-state index is 0.0982. The maximum atomic E-state index is 13.2. The van der Waals surface area contributed by atoms with Gasteiger partial charge in [-0.3, -0.25) is 9.59 Å². The van der Waals surface area contributed by atoms with Crippen LogP contribution >= 0.6 is 0 Å². The van der Waals surface area contributed by atoms with Crippen molar-refractivity contribution < 1.29 is 14.0 Å². The fourth-order valence-electron chi connectivity index (χ4n) is 3.99. The number of nitrogens with one attached hydrogen (secondary N) is 2. The number of fused-ring (bicyclic) bond motifs is 1. The highest BCUT2D eigenvalue weighted by atomic mass is 19.1. The normalized spacial score (nSPS) is 13.4. The number of Topliss-reactive ketones (excluding diaryl/α,β-unsaturated/α-hetero) is 1. The van der Waals surface area contributed by atoms with Crippen LogP contribution in [0.1, 0.15) is 51.5 Å². The minimum Gasteiger partial charge on any atom is -0.349 e. The van der Waals surface area contributed by atoms with E-state index in [0.717, 1.165) is 35.4 Å². The summed E-state index contributed by atoms with van der Waals surface area (Å²) in [5.41, 5.74) is 4.35. The molecule has 0 aliphatic heterocycles. The summed E-state index contributed by atoms with van der Waals surface area (Å²) in [4.78, 5) is 32.3. The van der Waals surface area contributed by atoms with Gasteiger partial charge in [-0.15, -0.1) is 0 Å². The van der Waals surface area contributed by atoms with Crippen LogP contribution in [0, 0.1) is 12.7 Å². The lowest BCUT2D eigenvalue weighted by Gasteiger charge is -2.16. The maximum absolute atomic E-state index is 13.2. The number of carbonyl (C=O) groups is 2. The number of aromatic amines is 1. The Hall–Kier alpha value is -3.22. The zero-order valence-corrected chi connectivity index (χ0v) is 16.3. The summed E-state index contributed by atoms with van der Waals surface area (Å²) < 4.78 is 15.4. The fraction of sp³-hybridized carbons (Fsp3) is 0.318. The van der Waals surface area contributed by atoms with E-state index >= 15 is 0 Å². The van der Waals surface area contributed by atoms with E-state index in [1.807, 2.05) is 6.92 Å². The van der Waals surface area contributed by atoms with E-state index in [4.69, 9.17) is 0 Å². The summed E-state index contributed by atoms with van der Waals surface area (Å²) in [5.74, 6) is 0.358. The third kappa shape index (κ3) is 3.99. The Morgan fingerprint density at radius 1 is 1.28 bits per heavy atom. The van der Waals surface area contributed by atoms with Gasteiger partial charge >= 0.3 is 0 Å². The molecule has 2 aromatic heterocycles. The number of aromatic nitrogens is 3. The van der Waals surface area contributed by atoms with Crippen LogP contribution in [0.15, 0.2) is 36.7 Å². The Balaban J connectivity index is 1.61. The van der Waals surface area contributed by atoms with Gasteiger partial charge in [-0.2, -0.15) is 0 Å². The lowest BCUT2D eigenvalue weighted by atomic mass is 9.92. The first kappa shape index (κ1) is 19.1. The summed E-state index contributed by atoms with van der Waals surface area (Å²) in [6.45, 7) is 2.82. The maximum Gasteiger partial charge on any atom is 0.224 e. The molecule has 1 aliphatic carbocycles. The van der Waals surface area contributed by atoms with Crippen molar-refractivity contribution in [1.82, 2.24) is 19.9 Å². The van der Waals surface area contributed by atoms with Crippen LogP contribution in [-0.2, 0) is 30.7 Å². The van der Waals surface area contributed by atoms with E-state index in [1.165, 1.54) is 12.1 Å². The van der Waals surface area contributed by atoms with E-state index in [1.54, 1.807) is 24.5 Å². The molecule has 150 valence electrons. The SMILES string of the molecule is Cc1c(CC(=O)NCc2ncc[nH]2)c2c(n1Cc1ccc(F)cc1)CCCC2=O. The second-order valence-corrected chi connectivity index (χ2v) is 7.36. The highest BCUT2D eigenvalue weighted by Gasteiger charge is 2.29. The number of benzene rings is 1. The first-order valence-corrected chi connectivity index (χ1v) is 9.76. The van der Waals surface area contributed by atoms with Crippen LogP contribution in [0.5, 0.6) is 0 Å². The molecule has 7 heteroatoms. The summed E-state index contributed by atoms with van der Waals surface area (Å²) >= 11 is 0. The van der Waals surface area contributed by atoms with Crippen LogP contribution in [0.2, 0.25) is 0 Å². The lowest BCUT2D eigenvalue weighted by Crippen LogP contribution is -2.26. The molecule has 6 nitrogen and oxygen atoms in total. The van der Waals surface area contributed by atoms with Crippen molar-refractivity contribution >= 4 is 11.7 Å². The summed E-state index contributed by atoms with van der Waals surface area (Å²) in [6, 6.07) is 6.38. The number of hydrogen-bond acceptors (Lipinski definition) is 3. The molecule has 3 aromatic rings. The van der Waals surface area contributed by atoms with Gasteiger partial charge in [-0.1, -0.05) is 12.1 Å². The van der Waals surface area contributed by atoms with Crippen LogP contribution < -0.4 is 5.32 Å². The van der Waals surface area contributed by atoms with E-state index in [0.29, 0.717) is 30.9 Å². The molecular formula is C22H23FN4O2. The third-order valence-electron chi connectivity index (χ3n) is 5.45. The van der Waals surface area contributed by atoms with Gasteiger partial charge in [0.25, 0.3) is 0 Å². The number of hydrogen-bond donors (Lipinski definition) is 2. The molecule has 2 heterocycles. The van der Waals surface area contributed by atoms with Crippen molar-refractivity contribution in [2.75, 3.05) is 0 Å². The average molecular weight is 394 g/mol. The predicted molar refractivity (Wildman–Crippen MR) is 106 cm³/mol. The van der Waals surface area contributed by atoms with Gasteiger partial charge in [-0.05, 0) is 43.0 Å². The smallest absolute Gasteiger partial charge is 0.224 e. The molecule has 29 heavy (non-hydrogen) atoms. The van der Waals surface area contributed by atoms with Gasteiger partial charge in [0.15, 0.2) is 5.78 Å². The minimum atomic E-state index is -0.274. The van der Waals surface area contributed by atoms with Crippen molar-refractivity contribution in [2.24, 2.45) is 0 Å². The quantitative estimate of drug-likeness (QED) is 0.674. The van der Waals surface area contributed by atoms with Gasteiger partial charge in [0.05, 0.1) is 13.0 Å². The Labute approximate surface area is 168 Å². The van der Waals surface area contributed by atoms with Crippen molar-refractivity contribution in [3.05, 3.63) is 76.4 Å². The molecular weight excluding hydrogens is 371 g/mol. The standard InChI is InChI=1S/C22H23FN4O2/c1-14-17(11-21(29)26-12-20-24-9-10-25-20)22-18(3-2-4-19(22)28)27(14)13-15-5-7-16(23)8-6-15/h5-10H,2-4,11-13H2,1H3,(H,24,25)(H,26,29).